The number of aliphatic carboxylic acids is 3. The second-order valence-electron chi connectivity index (χ2n) is 27.3. The SMILES string of the molecule is CCCCCCCCCCCCCCCC(=O)N[C@@H](C(=O)N[C@H](C(=O)N[C@@H](C(=O)N[C@@H](C)C(=O)N[C@H](C)C(=O)N[C@@H](C)C(=O)N[C@H](CCC(=O)O)C(=O)N[C@@H](CCC(=O)O)C(=O)N[C@H](CCC(=O)O)C(=O)N[C@@H](CCCCNOC(=O)CCCCC1CCSS1)C(N)=O)C(C)C)C(C)C)C(C)C. The van der Waals surface area contributed by atoms with Crippen LogP contribution in [0.5, 0.6) is 0 Å². The summed E-state index contributed by atoms with van der Waals surface area (Å²) in [5, 5.41) is 53.9. The summed E-state index contributed by atoms with van der Waals surface area (Å²) in [7, 11) is 3.72. The average molecular weight is 1490 g/mol. The molecule has 11 amide bonds. The van der Waals surface area contributed by atoms with E-state index in [9.17, 15) is 87.2 Å². The summed E-state index contributed by atoms with van der Waals surface area (Å²) in [4.78, 5) is 201. The van der Waals surface area contributed by atoms with E-state index in [1.54, 1.807) is 41.5 Å². The molecular formula is C69H120N12O19S2. The molecule has 0 aromatic rings. The lowest BCUT2D eigenvalue weighted by Crippen LogP contribution is -2.61. The number of carbonyl (C=O) groups is 15. The van der Waals surface area contributed by atoms with Crippen LogP contribution in [0.1, 0.15) is 249 Å². The maximum absolute atomic E-state index is 13.9. The highest BCUT2D eigenvalue weighted by Crippen LogP contribution is 2.40. The van der Waals surface area contributed by atoms with Gasteiger partial charge in [0.15, 0.2) is 0 Å². The number of hydrogen-bond donors (Lipinski definition) is 15. The van der Waals surface area contributed by atoms with Crippen molar-refractivity contribution in [3.05, 3.63) is 0 Å². The normalized spacial score (nSPS) is 15.7. The number of unbranched alkanes of at least 4 members (excludes halogenated alkanes) is 14. The molecule has 0 aliphatic carbocycles. The van der Waals surface area contributed by atoms with Gasteiger partial charge < -0.3 is 79.1 Å². The molecule has 1 saturated heterocycles. The fraction of sp³-hybridized carbons (Fsp3) is 0.783. The Labute approximate surface area is 608 Å². The van der Waals surface area contributed by atoms with E-state index < -0.39 is 194 Å². The van der Waals surface area contributed by atoms with Crippen LogP contribution in [0.4, 0.5) is 0 Å². The lowest BCUT2D eigenvalue weighted by Gasteiger charge is -2.30. The molecule has 16 N–H and O–H groups in total. The van der Waals surface area contributed by atoms with Crippen molar-refractivity contribution in [3.8, 4) is 0 Å². The molecule has 102 heavy (non-hydrogen) atoms. The Kier molecular flexibility index (Phi) is 47.8. The molecule has 0 bridgehead atoms. The number of hydrogen-bond acceptors (Lipinski definition) is 19. The molecule has 11 atom stereocenters. The number of hydroxylamine groups is 1. The van der Waals surface area contributed by atoms with Gasteiger partial charge in [-0.3, -0.25) is 71.9 Å². The number of carboxylic acid groups (broad SMARTS) is 3. The molecule has 0 spiro atoms. The molecule has 33 heteroatoms. The number of carboxylic acids is 3. The predicted molar refractivity (Wildman–Crippen MR) is 386 cm³/mol. The molecule has 1 aliphatic rings. The van der Waals surface area contributed by atoms with Crippen LogP contribution >= 0.6 is 21.6 Å². The van der Waals surface area contributed by atoms with Crippen LogP contribution in [-0.2, 0) is 76.8 Å². The molecule has 1 fully saturated rings. The number of carbonyl (C=O) groups excluding carboxylic acids is 12. The Morgan fingerprint density at radius 1 is 0.392 bits per heavy atom. The topological polar surface area (TPSA) is 484 Å². The van der Waals surface area contributed by atoms with E-state index in [4.69, 9.17) is 10.6 Å². The second kappa shape index (κ2) is 52.6. The van der Waals surface area contributed by atoms with E-state index in [2.05, 4.69) is 65.6 Å². The zero-order valence-electron chi connectivity index (χ0n) is 61.6. The quantitative estimate of drug-likeness (QED) is 0.0228. The summed E-state index contributed by atoms with van der Waals surface area (Å²) in [6.07, 6.45) is 15.8. The summed E-state index contributed by atoms with van der Waals surface area (Å²) in [5.74, 6) is -14.7. The van der Waals surface area contributed by atoms with Crippen LogP contribution < -0.4 is 64.4 Å². The lowest BCUT2D eigenvalue weighted by molar-refractivity contribution is -0.151. The predicted octanol–water partition coefficient (Wildman–Crippen LogP) is 4.36. The van der Waals surface area contributed by atoms with Crippen LogP contribution in [0.25, 0.3) is 0 Å². The number of amides is 11. The molecule has 582 valence electrons. The minimum absolute atomic E-state index is 0.0350. The van der Waals surface area contributed by atoms with E-state index in [1.807, 2.05) is 21.6 Å². The second-order valence-corrected chi connectivity index (χ2v) is 30.1. The van der Waals surface area contributed by atoms with Gasteiger partial charge in [0, 0.05) is 49.7 Å². The monoisotopic (exact) mass is 1480 g/mol. The van der Waals surface area contributed by atoms with Gasteiger partial charge in [0.2, 0.25) is 65.0 Å². The molecule has 0 aromatic carbocycles. The van der Waals surface area contributed by atoms with Gasteiger partial charge in [-0.2, -0.15) is 5.48 Å². The van der Waals surface area contributed by atoms with Gasteiger partial charge in [-0.05, 0) is 103 Å². The maximum Gasteiger partial charge on any atom is 0.324 e. The molecule has 1 unspecified atom stereocenters. The Hall–Kier alpha value is -7.29. The minimum Gasteiger partial charge on any atom is -0.481 e. The fourth-order valence-corrected chi connectivity index (χ4v) is 13.8. The Morgan fingerprint density at radius 2 is 0.755 bits per heavy atom. The molecule has 0 saturated carbocycles. The first-order chi connectivity index (χ1) is 48.2. The van der Waals surface area contributed by atoms with Crippen molar-refractivity contribution >= 4 is 110 Å². The molecule has 0 radical (unpaired) electrons. The van der Waals surface area contributed by atoms with Crippen LogP contribution in [0.2, 0.25) is 0 Å². The first-order valence-electron chi connectivity index (χ1n) is 36.4. The third kappa shape index (κ3) is 41.1. The van der Waals surface area contributed by atoms with Crippen molar-refractivity contribution in [3.63, 3.8) is 0 Å². The van der Waals surface area contributed by atoms with Gasteiger partial charge in [0.1, 0.15) is 60.4 Å². The summed E-state index contributed by atoms with van der Waals surface area (Å²) in [6, 6.07) is -14.2. The smallest absolute Gasteiger partial charge is 0.324 e. The summed E-state index contributed by atoms with van der Waals surface area (Å²) in [5.41, 5.74) is 8.15. The third-order valence-corrected chi connectivity index (χ3v) is 20.1. The standard InChI is InChI=1S/C69H120N12O19S2/c1-11-12-13-14-15-16-17-18-19-20-21-22-23-30-52(82)79-57(41(2)3)68(98)81-59(43(6)7)69(99)80-58(42(4)5)67(97)74-45(9)62(92)72-44(8)61(91)73-46(10)63(93)76-49(32-35-53(83)84)65(95)78-51(34-37-55(87)88)66(96)77-50(33-36-54(85)86)64(94)75-48(60(70)90)29-26-27-39-71-100-56(89)31-25-24-28-47-38-40-101-102-47/h41-51,57-59,71H,11-40H2,1-10H3,(H2,70,90)(H,72,92)(H,73,91)(H,74,97)(H,75,94)(H,76,93)(H,77,96)(H,78,95)(H,79,82)(H,80,99)(H,81,98)(H,83,84)(H,85,86)(H,87,88)/t44-,45+,46+,47?,48+,49-,50-,51+,57-,58-,59+/m1/s1. The van der Waals surface area contributed by atoms with Crippen molar-refractivity contribution in [2.45, 2.75) is 315 Å². The highest BCUT2D eigenvalue weighted by molar-refractivity contribution is 8.77. The minimum atomic E-state index is -1.82. The fourth-order valence-electron chi connectivity index (χ4n) is 10.8. The first kappa shape index (κ1) is 92.7. The van der Waals surface area contributed by atoms with Crippen LogP contribution in [0.3, 0.4) is 0 Å². The highest BCUT2D eigenvalue weighted by Gasteiger charge is 2.37. The summed E-state index contributed by atoms with van der Waals surface area (Å²) in [6.45, 7) is 16.4. The van der Waals surface area contributed by atoms with Crippen molar-refractivity contribution in [2.24, 2.45) is 23.5 Å². The molecule has 1 heterocycles. The largest absolute Gasteiger partial charge is 0.481 e. The van der Waals surface area contributed by atoms with Crippen LogP contribution in [-0.4, -0.2) is 182 Å². The summed E-state index contributed by atoms with van der Waals surface area (Å²) >= 11 is 0. The van der Waals surface area contributed by atoms with Crippen molar-refractivity contribution in [2.75, 3.05) is 12.3 Å². The lowest BCUT2D eigenvalue weighted by atomic mass is 9.97. The van der Waals surface area contributed by atoms with E-state index in [-0.39, 0.29) is 44.1 Å². The number of rotatable bonds is 57. The molecular weight excluding hydrogens is 1360 g/mol. The molecule has 1 rings (SSSR count). The van der Waals surface area contributed by atoms with Crippen molar-refractivity contribution in [1.29, 1.82) is 0 Å². The number of nitrogens with two attached hydrogens (primary N) is 1. The zero-order valence-corrected chi connectivity index (χ0v) is 63.2. The van der Waals surface area contributed by atoms with Crippen molar-refractivity contribution < 1.29 is 92.1 Å². The zero-order chi connectivity index (χ0) is 76.9. The van der Waals surface area contributed by atoms with Gasteiger partial charge in [0.05, 0.1) is 0 Å². The first-order valence-corrected chi connectivity index (χ1v) is 38.8. The van der Waals surface area contributed by atoms with Gasteiger partial charge in [-0.15, -0.1) is 0 Å². The number of nitrogens with one attached hydrogen (secondary N) is 11. The number of primary amides is 1. The van der Waals surface area contributed by atoms with E-state index in [0.29, 0.717) is 24.5 Å². The van der Waals surface area contributed by atoms with Gasteiger partial charge in [-0.25, -0.2) is 0 Å². The Balaban J connectivity index is 2.97. The van der Waals surface area contributed by atoms with E-state index in [0.717, 1.165) is 44.3 Å². The average Bonchev–Trinajstić information content (AvgIpc) is 1.15. The Morgan fingerprint density at radius 3 is 1.15 bits per heavy atom. The van der Waals surface area contributed by atoms with E-state index in [1.165, 1.54) is 78.6 Å². The van der Waals surface area contributed by atoms with Gasteiger partial charge >= 0.3 is 23.9 Å². The maximum atomic E-state index is 13.9. The molecule has 1 aliphatic heterocycles. The summed E-state index contributed by atoms with van der Waals surface area (Å²) < 4.78 is 0. The molecule has 31 nitrogen and oxygen atoms in total. The van der Waals surface area contributed by atoms with Gasteiger partial charge in [0.25, 0.3) is 0 Å². The van der Waals surface area contributed by atoms with Gasteiger partial charge in [-0.1, -0.05) is 154 Å². The third-order valence-electron chi connectivity index (χ3n) is 17.1. The van der Waals surface area contributed by atoms with Crippen LogP contribution in [0, 0.1) is 17.8 Å². The Bertz CT molecular complexity index is 2690. The van der Waals surface area contributed by atoms with Crippen molar-refractivity contribution in [1.82, 2.24) is 58.6 Å². The van der Waals surface area contributed by atoms with E-state index >= 15 is 0 Å². The molecule has 0 aromatic heterocycles. The van der Waals surface area contributed by atoms with Crippen LogP contribution in [0.15, 0.2) is 0 Å². The highest BCUT2D eigenvalue weighted by atomic mass is 33.1.